The van der Waals surface area contributed by atoms with E-state index in [0.717, 1.165) is 25.7 Å². The van der Waals surface area contributed by atoms with Gasteiger partial charge in [-0.2, -0.15) is 0 Å². The number of hydrogen-bond acceptors (Lipinski definition) is 2. The van der Waals surface area contributed by atoms with E-state index in [0.29, 0.717) is 0 Å². The molecule has 43 heavy (non-hydrogen) atoms. The second-order valence-corrected chi connectivity index (χ2v) is 13.7. The van der Waals surface area contributed by atoms with Gasteiger partial charge in [0.2, 0.25) is 0 Å². The van der Waals surface area contributed by atoms with Crippen molar-refractivity contribution in [1.82, 2.24) is 0 Å². The van der Waals surface area contributed by atoms with Gasteiger partial charge in [-0.25, -0.2) is 0 Å². The average molecular weight is 778 g/mol. The summed E-state index contributed by atoms with van der Waals surface area (Å²) in [6, 6.07) is 0. The molecule has 2 rings (SSSR count). The number of rotatable bonds is 10. The van der Waals surface area contributed by atoms with Crippen molar-refractivity contribution in [3.63, 3.8) is 0 Å². The van der Waals surface area contributed by atoms with Gasteiger partial charge in [0.1, 0.15) is 0 Å². The minimum absolute atomic E-state index is 0. The number of hydrogen-bond donors (Lipinski definition) is 2. The second kappa shape index (κ2) is 18.1. The standard InChI is InChI=1S/C40H56O2.Pb.2H/c1-29(17-13-19-31(3)21-23-37-33(5)25-35(41)27-39(37,7)8)15-11-12-16-30(2)18-14-20-32(4)22-24-38-34(6)26-36(42)28-40(38,9)10;;;/h11-24,35-36,41-42H,25-28H2,1-10H3;;;/b12-11+,17-13+,18-14+,23-21+,24-22+,29-15+,30-16+,31-19+,32-20+;;;/t35-,36-;;;/m1.../s1. The summed E-state index contributed by atoms with van der Waals surface area (Å²) in [7, 11) is 0. The van der Waals surface area contributed by atoms with Gasteiger partial charge < -0.3 is 10.2 Å². The van der Waals surface area contributed by atoms with Crippen molar-refractivity contribution in [2.45, 2.75) is 107 Å². The van der Waals surface area contributed by atoms with E-state index in [4.69, 9.17) is 0 Å². The molecule has 0 unspecified atom stereocenters. The van der Waals surface area contributed by atoms with Crippen LogP contribution < -0.4 is 0 Å². The van der Waals surface area contributed by atoms with Crippen LogP contribution in [0.4, 0.5) is 0 Å². The molecule has 0 fully saturated rings. The van der Waals surface area contributed by atoms with Gasteiger partial charge in [-0.15, -0.1) is 0 Å². The molecule has 0 saturated heterocycles. The van der Waals surface area contributed by atoms with Gasteiger partial charge >= 0.3 is 27.3 Å². The van der Waals surface area contributed by atoms with Crippen molar-refractivity contribution >= 4 is 27.3 Å². The van der Waals surface area contributed by atoms with Gasteiger partial charge in [-0.05, 0) is 89.2 Å². The summed E-state index contributed by atoms with van der Waals surface area (Å²) in [4.78, 5) is 0. The Morgan fingerprint density at radius 1 is 0.558 bits per heavy atom. The first-order valence-corrected chi connectivity index (χ1v) is 15.5. The Morgan fingerprint density at radius 2 is 0.860 bits per heavy atom. The third-order valence-electron chi connectivity index (χ3n) is 8.24. The summed E-state index contributed by atoms with van der Waals surface area (Å²) in [5.41, 5.74) is 10.1. The Kier molecular flexibility index (Phi) is 16.4. The Labute approximate surface area is 283 Å². The van der Waals surface area contributed by atoms with Gasteiger partial charge in [-0.3, -0.25) is 0 Å². The zero-order valence-corrected chi connectivity index (χ0v) is 34.2. The summed E-state index contributed by atoms with van der Waals surface area (Å²) in [5.74, 6) is 0. The fourth-order valence-corrected chi connectivity index (χ4v) is 6.13. The first kappa shape index (κ1) is 39.0. The third kappa shape index (κ3) is 13.7. The fraction of sp³-hybridized carbons (Fsp3) is 0.450. The van der Waals surface area contributed by atoms with Gasteiger partial charge in [0.15, 0.2) is 0 Å². The van der Waals surface area contributed by atoms with Gasteiger partial charge in [0.05, 0.1) is 12.2 Å². The molecular formula is C40H58O2Pb. The minimum atomic E-state index is -0.227. The van der Waals surface area contributed by atoms with Crippen molar-refractivity contribution in [3.05, 3.63) is 130 Å². The fourth-order valence-electron chi connectivity index (χ4n) is 6.13. The summed E-state index contributed by atoms with van der Waals surface area (Å²) >= 11 is 0. The maximum absolute atomic E-state index is 10.1. The van der Waals surface area contributed by atoms with Crippen molar-refractivity contribution in [1.29, 1.82) is 0 Å². The first-order chi connectivity index (χ1) is 19.6. The normalized spacial score (nSPS) is 24.5. The van der Waals surface area contributed by atoms with Crippen LogP contribution in [0.2, 0.25) is 0 Å². The number of aliphatic hydroxyl groups is 2. The van der Waals surface area contributed by atoms with Crippen LogP contribution in [0.5, 0.6) is 0 Å². The molecule has 0 aliphatic heterocycles. The van der Waals surface area contributed by atoms with Crippen LogP contribution in [-0.2, 0) is 0 Å². The Bertz CT molecular complexity index is 1200. The van der Waals surface area contributed by atoms with E-state index in [1.165, 1.54) is 44.6 Å². The zero-order chi connectivity index (χ0) is 31.5. The predicted octanol–water partition coefficient (Wildman–Crippen LogP) is 9.63. The van der Waals surface area contributed by atoms with E-state index < -0.39 is 0 Å². The van der Waals surface area contributed by atoms with E-state index in [2.05, 4.69) is 154 Å². The molecule has 2 N–H and O–H groups in total. The van der Waals surface area contributed by atoms with Crippen LogP contribution >= 0.6 is 0 Å². The maximum atomic E-state index is 10.1. The SMILES string of the molecule is CC1=C(/C=C/C(C)=C/C=C/C(C)=C/C=C/C=C(C)/C=C/C=C(C)/C=C/C2=C(C)C[C@@H](O)CC2(C)C)C(C)(C)C[C@H](O)C1.[PbH2]. The second-order valence-electron chi connectivity index (χ2n) is 13.7. The molecule has 0 spiro atoms. The quantitative estimate of drug-likeness (QED) is 0.172. The molecule has 0 saturated carbocycles. The Balaban J connectivity index is 0.00000924. The zero-order valence-electron chi connectivity index (χ0n) is 28.7. The molecule has 0 aromatic heterocycles. The van der Waals surface area contributed by atoms with Crippen molar-refractivity contribution in [3.8, 4) is 0 Å². The van der Waals surface area contributed by atoms with E-state index in [-0.39, 0.29) is 50.3 Å². The van der Waals surface area contributed by atoms with E-state index in [9.17, 15) is 10.2 Å². The van der Waals surface area contributed by atoms with Crippen molar-refractivity contribution in [2.75, 3.05) is 0 Å². The Hall–Kier alpha value is -2.02. The number of aliphatic hydroxyl groups excluding tert-OH is 2. The van der Waals surface area contributed by atoms with Crippen molar-refractivity contribution < 1.29 is 10.2 Å². The van der Waals surface area contributed by atoms with Gasteiger partial charge in [-0.1, -0.05) is 146 Å². The molecule has 0 aromatic rings. The molecule has 234 valence electrons. The molecule has 3 heteroatoms. The predicted molar refractivity (Wildman–Crippen MR) is 193 cm³/mol. The molecule has 2 aliphatic carbocycles. The third-order valence-corrected chi connectivity index (χ3v) is 8.24. The van der Waals surface area contributed by atoms with E-state index in [1.807, 2.05) is 0 Å². The number of allylic oxidation sites excluding steroid dienone is 20. The Morgan fingerprint density at radius 3 is 1.19 bits per heavy atom. The van der Waals surface area contributed by atoms with Crippen LogP contribution in [0, 0.1) is 10.8 Å². The average Bonchev–Trinajstić information content (AvgIpc) is 2.84. The molecule has 0 heterocycles. The topological polar surface area (TPSA) is 40.5 Å². The first-order valence-electron chi connectivity index (χ1n) is 15.5. The van der Waals surface area contributed by atoms with E-state index >= 15 is 0 Å². The summed E-state index contributed by atoms with van der Waals surface area (Å²) in [6.45, 7) is 21.6. The van der Waals surface area contributed by atoms with Crippen LogP contribution in [0.3, 0.4) is 0 Å². The monoisotopic (exact) mass is 778 g/mol. The van der Waals surface area contributed by atoms with Gasteiger partial charge in [0, 0.05) is 0 Å². The van der Waals surface area contributed by atoms with Crippen molar-refractivity contribution in [2.24, 2.45) is 10.8 Å². The molecule has 0 aromatic carbocycles. The molecular weight excluding hydrogens is 720 g/mol. The van der Waals surface area contributed by atoms with Crippen LogP contribution in [-0.4, -0.2) is 49.7 Å². The molecule has 2 aliphatic rings. The molecule has 2 radical (unpaired) electrons. The molecule has 2 nitrogen and oxygen atoms in total. The van der Waals surface area contributed by atoms with Gasteiger partial charge in [0.25, 0.3) is 0 Å². The van der Waals surface area contributed by atoms with Crippen LogP contribution in [0.25, 0.3) is 0 Å². The van der Waals surface area contributed by atoms with Crippen LogP contribution in [0.15, 0.2) is 130 Å². The van der Waals surface area contributed by atoms with Crippen LogP contribution in [0.1, 0.15) is 94.9 Å². The van der Waals surface area contributed by atoms with E-state index in [1.54, 1.807) is 0 Å². The molecule has 0 amide bonds. The summed E-state index contributed by atoms with van der Waals surface area (Å²) in [5, 5.41) is 20.2. The summed E-state index contributed by atoms with van der Waals surface area (Å²) < 4.78 is 0. The molecule has 0 bridgehead atoms. The summed E-state index contributed by atoms with van der Waals surface area (Å²) in [6.07, 6.45) is 32.6. The molecule has 2 atom stereocenters.